The lowest BCUT2D eigenvalue weighted by atomic mass is 9.79. The zero-order valence-electron chi connectivity index (χ0n) is 55.9. The van der Waals surface area contributed by atoms with Crippen LogP contribution >= 0.6 is 0 Å². The highest BCUT2D eigenvalue weighted by Crippen LogP contribution is 2.44. The summed E-state index contributed by atoms with van der Waals surface area (Å²) in [6.45, 7) is 25.7. The van der Waals surface area contributed by atoms with E-state index in [4.69, 9.17) is 18.9 Å². The van der Waals surface area contributed by atoms with Crippen molar-refractivity contribution in [1.82, 2.24) is 29.7 Å². The number of hydrogen-bond donors (Lipinski definition) is 4. The van der Waals surface area contributed by atoms with Crippen LogP contribution in [0.1, 0.15) is 172 Å². The number of carbonyl (C=O) groups excluding carboxylic acids is 4. The van der Waals surface area contributed by atoms with Crippen LogP contribution in [0.4, 0.5) is 0 Å². The molecule has 8 aromatic rings. The molecule has 6 aromatic carbocycles. The van der Waals surface area contributed by atoms with Crippen LogP contribution in [0.2, 0.25) is 0 Å². The SMILES string of the molecule is COC(=O)[C@H](Cc1cn(Cc2ccccc2)cn1)NC(=O)COc1c2cc(C(C)(C)C)cc1Cc1cc(C(C)(C)C)cc(c1O)Cc1cc(C(C)(C)C)cc(c1OCC(=O)N[C@@H](Cc1cn(Cc3ccccc3)cn1)C(=O)OC)Cc1cc(C(C)(C)C)cc(c1O)C2. The number of ether oxygens (including phenoxy) is 4. The Morgan fingerprint density at radius 1 is 0.457 bits per heavy atom. The van der Waals surface area contributed by atoms with Gasteiger partial charge in [0, 0.05) is 64.0 Å². The second-order valence-electron chi connectivity index (χ2n) is 28.6. The molecule has 92 heavy (non-hydrogen) atoms. The molecule has 484 valence electrons. The molecule has 0 spiro atoms. The van der Waals surface area contributed by atoms with Crippen molar-refractivity contribution in [3.05, 3.63) is 224 Å². The second-order valence-corrected chi connectivity index (χ2v) is 28.6. The van der Waals surface area contributed by atoms with Gasteiger partial charge in [-0.2, -0.15) is 0 Å². The molecule has 4 N–H and O–H groups in total. The monoisotopic (exact) mass is 1250 g/mol. The molecule has 16 heteroatoms. The van der Waals surface area contributed by atoms with Crippen LogP contribution in [-0.2, 0) is 102 Å². The normalized spacial score (nSPS) is 13.4. The lowest BCUT2D eigenvalue weighted by Crippen LogP contribution is -2.45. The van der Waals surface area contributed by atoms with Crippen molar-refractivity contribution in [2.75, 3.05) is 27.4 Å². The molecule has 0 saturated carbocycles. The maximum atomic E-state index is 14.3. The van der Waals surface area contributed by atoms with Crippen LogP contribution in [0.25, 0.3) is 0 Å². The van der Waals surface area contributed by atoms with Gasteiger partial charge in [-0.05, 0) is 99.5 Å². The zero-order valence-corrected chi connectivity index (χ0v) is 55.9. The third-order valence-electron chi connectivity index (χ3n) is 17.0. The highest BCUT2D eigenvalue weighted by Gasteiger charge is 2.31. The minimum absolute atomic E-state index is 0.0554. The number of phenolic OH excluding ortho intramolecular Hbond substituents is 2. The number of aromatic hydroxyl groups is 2. The molecule has 1 aliphatic rings. The fourth-order valence-electron chi connectivity index (χ4n) is 11.6. The van der Waals surface area contributed by atoms with Gasteiger partial charge in [-0.1, -0.05) is 192 Å². The smallest absolute Gasteiger partial charge is 0.328 e. The number of hydrogen-bond acceptors (Lipinski definition) is 12. The van der Waals surface area contributed by atoms with Crippen molar-refractivity contribution in [1.29, 1.82) is 0 Å². The molecule has 1 aliphatic carbocycles. The molecule has 8 bridgehead atoms. The highest BCUT2D eigenvalue weighted by atomic mass is 16.5. The van der Waals surface area contributed by atoms with E-state index in [0.29, 0.717) is 80.5 Å². The third-order valence-corrected chi connectivity index (χ3v) is 17.0. The van der Waals surface area contributed by atoms with E-state index in [-0.39, 0.29) is 50.0 Å². The first kappa shape index (κ1) is 67.2. The van der Waals surface area contributed by atoms with Crippen molar-refractivity contribution < 1.29 is 48.3 Å². The number of carbonyl (C=O) groups is 4. The summed E-state index contributed by atoms with van der Waals surface area (Å²) in [5.74, 6) is -1.50. The first-order valence-electron chi connectivity index (χ1n) is 31.5. The highest BCUT2D eigenvalue weighted by molar-refractivity contribution is 5.86. The summed E-state index contributed by atoms with van der Waals surface area (Å²) < 4.78 is 27.9. The van der Waals surface area contributed by atoms with Crippen LogP contribution in [0.3, 0.4) is 0 Å². The predicted octanol–water partition coefficient (Wildman–Crippen LogP) is 12.0. The minimum atomic E-state index is -1.08. The number of phenols is 2. The molecule has 0 unspecified atom stereocenters. The summed E-state index contributed by atoms with van der Waals surface area (Å²) in [5, 5.41) is 31.6. The fraction of sp³-hybridized carbons (Fsp3) is 0.395. The lowest BCUT2D eigenvalue weighted by Gasteiger charge is -2.28. The molecule has 2 aromatic heterocycles. The average Bonchev–Trinajstić information content (AvgIpc) is 0.918. The largest absolute Gasteiger partial charge is 0.507 e. The first-order chi connectivity index (χ1) is 43.4. The van der Waals surface area contributed by atoms with Crippen LogP contribution < -0.4 is 20.1 Å². The van der Waals surface area contributed by atoms with Gasteiger partial charge in [0.2, 0.25) is 0 Å². The van der Waals surface area contributed by atoms with Crippen molar-refractivity contribution >= 4 is 23.8 Å². The minimum Gasteiger partial charge on any atom is -0.507 e. The Morgan fingerprint density at radius 2 is 0.739 bits per heavy atom. The van der Waals surface area contributed by atoms with Gasteiger partial charge in [0.1, 0.15) is 35.1 Å². The van der Waals surface area contributed by atoms with Gasteiger partial charge < -0.3 is 48.9 Å². The molecule has 2 amide bonds. The van der Waals surface area contributed by atoms with Crippen molar-refractivity contribution in [3.8, 4) is 23.0 Å². The average molecular weight is 1250 g/mol. The zero-order chi connectivity index (χ0) is 66.5. The van der Waals surface area contributed by atoms with Gasteiger partial charge >= 0.3 is 11.9 Å². The molecular weight excluding hydrogens is 1160 g/mol. The first-order valence-corrected chi connectivity index (χ1v) is 31.5. The maximum absolute atomic E-state index is 14.3. The number of methoxy groups -OCH3 is 2. The summed E-state index contributed by atoms with van der Waals surface area (Å²) in [6, 6.07) is 34.1. The second kappa shape index (κ2) is 27.7. The maximum Gasteiger partial charge on any atom is 0.328 e. The number of benzene rings is 6. The molecule has 0 aliphatic heterocycles. The number of amides is 2. The van der Waals surface area contributed by atoms with Crippen molar-refractivity contribution in [2.45, 2.75) is 168 Å². The number of imidazole rings is 2. The summed E-state index contributed by atoms with van der Waals surface area (Å²) >= 11 is 0. The molecule has 0 radical (unpaired) electrons. The number of nitrogens with one attached hydrogen (secondary N) is 2. The standard InChI is InChI=1S/C76H90N6O10/c1-73(2,3)57-29-49-25-53-33-59(75(7,8)9)35-55(69(53)91-43-65(83)79-63(71(87)89-13)37-61-41-81(45-77-61)39-47-21-17-15-18-22-47)27-51-31-58(74(4,5)6)32-52(68(51)86)28-56-36-60(76(10,11)12)34-54(26-50(30-57)67(49)85)70(56)92-44-66(84)80-64(72(88)90-14)38-62-42-82(46-78-62)40-48-23-19-16-20-24-48/h15-24,29-36,41-42,45-46,63-64,85-86H,25-28,37-40,43-44H2,1-14H3,(H,79,83)(H,80,84)/t63-,64-/m0/s1. The van der Waals surface area contributed by atoms with Crippen LogP contribution in [0.15, 0.2) is 134 Å². The summed E-state index contributed by atoms with van der Waals surface area (Å²) in [5.41, 5.74) is 10.8. The quantitative estimate of drug-likeness (QED) is 0.0592. The van der Waals surface area contributed by atoms with Gasteiger partial charge in [0.15, 0.2) is 13.2 Å². The molecular formula is C76H90N6O10. The number of esters is 2. The molecule has 0 saturated heterocycles. The van der Waals surface area contributed by atoms with Gasteiger partial charge in [-0.3, -0.25) is 9.59 Å². The molecule has 2 heterocycles. The van der Waals surface area contributed by atoms with E-state index < -0.39 is 70.7 Å². The summed E-state index contributed by atoms with van der Waals surface area (Å²) in [7, 11) is 2.56. The van der Waals surface area contributed by atoms with E-state index in [9.17, 15) is 29.4 Å². The van der Waals surface area contributed by atoms with Crippen LogP contribution in [0.5, 0.6) is 23.0 Å². The summed E-state index contributed by atoms with van der Waals surface area (Å²) in [4.78, 5) is 64.6. The molecule has 9 rings (SSSR count). The molecule has 2 atom stereocenters. The molecule has 0 fully saturated rings. The Balaban J connectivity index is 1.12. The summed E-state index contributed by atoms with van der Waals surface area (Å²) in [6.07, 6.45) is 7.89. The van der Waals surface area contributed by atoms with E-state index in [1.807, 2.05) is 106 Å². The van der Waals surface area contributed by atoms with Crippen molar-refractivity contribution in [2.24, 2.45) is 0 Å². The van der Waals surface area contributed by atoms with Gasteiger partial charge in [0.25, 0.3) is 11.8 Å². The Bertz CT molecular complexity index is 3620. The number of rotatable bonds is 18. The van der Waals surface area contributed by atoms with Crippen molar-refractivity contribution in [3.63, 3.8) is 0 Å². The van der Waals surface area contributed by atoms with Gasteiger partial charge in [0.05, 0.1) is 38.3 Å². The van der Waals surface area contributed by atoms with E-state index in [0.717, 1.165) is 33.4 Å². The Kier molecular flexibility index (Phi) is 20.3. The van der Waals surface area contributed by atoms with E-state index in [1.165, 1.54) is 14.2 Å². The lowest BCUT2D eigenvalue weighted by molar-refractivity contribution is -0.145. The number of aromatic nitrogens is 4. The Labute approximate surface area is 541 Å². The predicted molar refractivity (Wildman–Crippen MR) is 357 cm³/mol. The molecule has 16 nitrogen and oxygen atoms in total. The van der Waals surface area contributed by atoms with Crippen LogP contribution in [-0.4, -0.2) is 92.6 Å². The number of fused-ring (bicyclic) bond motifs is 8. The van der Waals surface area contributed by atoms with E-state index in [1.54, 1.807) is 12.7 Å². The Hall–Kier alpha value is -9.18. The van der Waals surface area contributed by atoms with Gasteiger partial charge in [-0.25, -0.2) is 19.6 Å². The third kappa shape index (κ3) is 16.8. The van der Waals surface area contributed by atoms with E-state index >= 15 is 0 Å². The number of nitrogens with zero attached hydrogens (tertiary/aromatic N) is 4. The van der Waals surface area contributed by atoms with E-state index in [2.05, 4.69) is 128 Å². The van der Waals surface area contributed by atoms with Crippen LogP contribution in [0, 0.1) is 0 Å². The van der Waals surface area contributed by atoms with Gasteiger partial charge in [-0.15, -0.1) is 0 Å². The fourth-order valence-corrected chi connectivity index (χ4v) is 11.6. The Morgan fingerprint density at radius 3 is 1.01 bits per heavy atom. The topological polar surface area (TPSA) is 205 Å².